The molecule has 0 amide bonds. The molecule has 1 unspecified atom stereocenters. The second kappa shape index (κ2) is 6.43. The first-order valence-electron chi connectivity index (χ1n) is 6.05. The minimum atomic E-state index is -0.481. The van der Waals surface area contributed by atoms with Gasteiger partial charge in [-0.15, -0.1) is 0 Å². The SMILES string of the molecule is CC(N)c1ccc(Oc2cc([N+](=O)[O-])ccc2Br)cc1Cl. The maximum absolute atomic E-state index is 10.8. The first-order chi connectivity index (χ1) is 9.88. The lowest BCUT2D eigenvalue weighted by Crippen LogP contribution is -2.05. The Kier molecular flexibility index (Phi) is 4.82. The number of benzene rings is 2. The van der Waals surface area contributed by atoms with E-state index >= 15 is 0 Å². The summed E-state index contributed by atoms with van der Waals surface area (Å²) in [6, 6.07) is 9.23. The molecule has 0 saturated carbocycles. The van der Waals surface area contributed by atoms with Gasteiger partial charge in [-0.3, -0.25) is 10.1 Å². The quantitative estimate of drug-likeness (QED) is 0.617. The van der Waals surface area contributed by atoms with Gasteiger partial charge in [-0.05, 0) is 46.6 Å². The molecule has 2 aromatic rings. The standard InChI is InChI=1S/C14H12BrClN2O3/c1-8(17)11-4-3-10(7-13(11)16)21-14-6-9(18(19)20)2-5-12(14)15/h2-8H,17H2,1H3. The fraction of sp³-hybridized carbons (Fsp3) is 0.143. The number of nitrogens with zero attached hydrogens (tertiary/aromatic N) is 1. The average Bonchev–Trinajstić information content (AvgIpc) is 2.40. The Labute approximate surface area is 134 Å². The van der Waals surface area contributed by atoms with Gasteiger partial charge in [-0.2, -0.15) is 0 Å². The Morgan fingerprint density at radius 3 is 2.62 bits per heavy atom. The highest BCUT2D eigenvalue weighted by atomic mass is 79.9. The first-order valence-corrected chi connectivity index (χ1v) is 7.22. The smallest absolute Gasteiger partial charge is 0.273 e. The maximum Gasteiger partial charge on any atom is 0.273 e. The van der Waals surface area contributed by atoms with Crippen molar-refractivity contribution in [1.29, 1.82) is 0 Å². The Bertz CT molecular complexity index is 692. The monoisotopic (exact) mass is 370 g/mol. The van der Waals surface area contributed by atoms with Gasteiger partial charge in [0.1, 0.15) is 11.5 Å². The summed E-state index contributed by atoms with van der Waals surface area (Å²) in [6.07, 6.45) is 0. The van der Waals surface area contributed by atoms with Gasteiger partial charge in [0.25, 0.3) is 5.69 Å². The highest BCUT2D eigenvalue weighted by Crippen LogP contribution is 2.35. The van der Waals surface area contributed by atoms with E-state index in [1.54, 1.807) is 24.3 Å². The summed E-state index contributed by atoms with van der Waals surface area (Å²) in [6.45, 7) is 1.83. The summed E-state index contributed by atoms with van der Waals surface area (Å²) in [5.41, 5.74) is 6.54. The second-order valence-corrected chi connectivity index (χ2v) is 5.71. The van der Waals surface area contributed by atoms with E-state index < -0.39 is 4.92 Å². The van der Waals surface area contributed by atoms with Crippen molar-refractivity contribution in [2.75, 3.05) is 0 Å². The van der Waals surface area contributed by atoms with Crippen LogP contribution in [0.25, 0.3) is 0 Å². The van der Waals surface area contributed by atoms with Gasteiger partial charge in [0.15, 0.2) is 0 Å². The van der Waals surface area contributed by atoms with Crippen molar-refractivity contribution in [1.82, 2.24) is 0 Å². The molecule has 0 aliphatic carbocycles. The molecule has 5 nitrogen and oxygen atoms in total. The summed E-state index contributed by atoms with van der Waals surface area (Å²) in [7, 11) is 0. The van der Waals surface area contributed by atoms with E-state index in [1.165, 1.54) is 12.1 Å². The summed E-state index contributed by atoms with van der Waals surface area (Å²) < 4.78 is 6.25. The van der Waals surface area contributed by atoms with Crippen LogP contribution in [0.3, 0.4) is 0 Å². The van der Waals surface area contributed by atoms with Crippen LogP contribution in [0.15, 0.2) is 40.9 Å². The van der Waals surface area contributed by atoms with Gasteiger partial charge in [0.2, 0.25) is 0 Å². The molecule has 0 radical (unpaired) electrons. The summed E-state index contributed by atoms with van der Waals surface area (Å²) in [4.78, 5) is 10.3. The van der Waals surface area contributed by atoms with Gasteiger partial charge in [0.05, 0.1) is 15.5 Å². The zero-order valence-electron chi connectivity index (χ0n) is 11.0. The largest absolute Gasteiger partial charge is 0.456 e. The molecule has 0 aliphatic rings. The van der Waals surface area contributed by atoms with Crippen molar-refractivity contribution in [3.8, 4) is 11.5 Å². The molecule has 0 saturated heterocycles. The molecule has 0 bridgehead atoms. The third-order valence-electron chi connectivity index (χ3n) is 2.82. The summed E-state index contributed by atoms with van der Waals surface area (Å²) in [5.74, 6) is 0.819. The van der Waals surface area contributed by atoms with Crippen LogP contribution in [-0.4, -0.2) is 4.92 Å². The van der Waals surface area contributed by atoms with Crippen molar-refractivity contribution in [3.63, 3.8) is 0 Å². The second-order valence-electron chi connectivity index (χ2n) is 4.45. The Balaban J connectivity index is 2.32. The molecule has 2 aromatic carbocycles. The zero-order valence-corrected chi connectivity index (χ0v) is 13.4. The Morgan fingerprint density at radius 1 is 1.33 bits per heavy atom. The van der Waals surface area contributed by atoms with E-state index in [4.69, 9.17) is 22.1 Å². The van der Waals surface area contributed by atoms with Crippen LogP contribution in [0.1, 0.15) is 18.5 Å². The van der Waals surface area contributed by atoms with Gasteiger partial charge in [-0.25, -0.2) is 0 Å². The maximum atomic E-state index is 10.8. The average molecular weight is 372 g/mol. The molecule has 1 atom stereocenters. The third kappa shape index (κ3) is 3.72. The Hall–Kier alpha value is -1.63. The lowest BCUT2D eigenvalue weighted by Gasteiger charge is -2.11. The topological polar surface area (TPSA) is 78.4 Å². The van der Waals surface area contributed by atoms with E-state index in [2.05, 4.69) is 15.9 Å². The number of nitrogens with two attached hydrogens (primary N) is 1. The number of nitro groups is 1. The van der Waals surface area contributed by atoms with Crippen molar-refractivity contribution in [3.05, 3.63) is 61.6 Å². The van der Waals surface area contributed by atoms with Crippen molar-refractivity contribution in [2.24, 2.45) is 5.73 Å². The van der Waals surface area contributed by atoms with Gasteiger partial charge in [-0.1, -0.05) is 17.7 Å². The number of nitro benzene ring substituents is 1. The van der Waals surface area contributed by atoms with E-state index in [0.717, 1.165) is 5.56 Å². The molecule has 0 spiro atoms. The number of halogens is 2. The molecule has 0 aromatic heterocycles. The van der Waals surface area contributed by atoms with Crippen LogP contribution >= 0.6 is 27.5 Å². The van der Waals surface area contributed by atoms with E-state index in [1.807, 2.05) is 6.92 Å². The predicted molar refractivity (Wildman–Crippen MR) is 84.9 cm³/mol. The molecule has 21 heavy (non-hydrogen) atoms. The number of non-ortho nitro benzene ring substituents is 1. The predicted octanol–water partition coefficient (Wildman–Crippen LogP) is 4.82. The molecular weight excluding hydrogens is 360 g/mol. The molecule has 7 heteroatoms. The minimum Gasteiger partial charge on any atom is -0.456 e. The van der Waals surface area contributed by atoms with Crippen LogP contribution in [0.5, 0.6) is 11.5 Å². The van der Waals surface area contributed by atoms with Crippen LogP contribution in [0, 0.1) is 10.1 Å². The highest BCUT2D eigenvalue weighted by molar-refractivity contribution is 9.10. The van der Waals surface area contributed by atoms with Crippen LogP contribution < -0.4 is 10.5 Å². The molecule has 2 N–H and O–H groups in total. The minimum absolute atomic E-state index is 0.0495. The van der Waals surface area contributed by atoms with E-state index in [-0.39, 0.29) is 11.7 Å². The van der Waals surface area contributed by atoms with Crippen molar-refractivity contribution < 1.29 is 9.66 Å². The first kappa shape index (κ1) is 15.8. The van der Waals surface area contributed by atoms with Crippen molar-refractivity contribution >= 4 is 33.2 Å². The molecular formula is C14H12BrClN2O3. The van der Waals surface area contributed by atoms with Crippen LogP contribution in [0.4, 0.5) is 5.69 Å². The molecule has 0 heterocycles. The van der Waals surface area contributed by atoms with E-state index in [0.29, 0.717) is 21.0 Å². The normalized spacial score (nSPS) is 12.0. The lowest BCUT2D eigenvalue weighted by atomic mass is 10.1. The fourth-order valence-corrected chi connectivity index (χ4v) is 2.42. The summed E-state index contributed by atoms with van der Waals surface area (Å²) >= 11 is 9.42. The molecule has 2 rings (SSSR count). The van der Waals surface area contributed by atoms with Crippen LogP contribution in [0.2, 0.25) is 5.02 Å². The highest BCUT2D eigenvalue weighted by Gasteiger charge is 2.12. The summed E-state index contributed by atoms with van der Waals surface area (Å²) in [5, 5.41) is 11.3. The Morgan fingerprint density at radius 2 is 2.05 bits per heavy atom. The van der Waals surface area contributed by atoms with Crippen molar-refractivity contribution in [2.45, 2.75) is 13.0 Å². The van der Waals surface area contributed by atoms with Crippen LogP contribution in [-0.2, 0) is 0 Å². The van der Waals surface area contributed by atoms with Gasteiger partial charge < -0.3 is 10.5 Å². The molecule has 0 aliphatic heterocycles. The third-order valence-corrected chi connectivity index (χ3v) is 3.80. The number of hydrogen-bond donors (Lipinski definition) is 1. The van der Waals surface area contributed by atoms with E-state index in [9.17, 15) is 10.1 Å². The zero-order chi connectivity index (χ0) is 15.6. The fourth-order valence-electron chi connectivity index (χ4n) is 1.75. The van der Waals surface area contributed by atoms with Gasteiger partial charge in [0, 0.05) is 17.1 Å². The van der Waals surface area contributed by atoms with Gasteiger partial charge >= 0.3 is 0 Å². The number of hydrogen-bond acceptors (Lipinski definition) is 4. The lowest BCUT2D eigenvalue weighted by molar-refractivity contribution is -0.384. The molecule has 110 valence electrons. The number of ether oxygens (including phenoxy) is 1. The number of rotatable bonds is 4. The molecule has 0 fully saturated rings.